The normalized spacial score (nSPS) is 10.8. The highest BCUT2D eigenvalue weighted by atomic mass is 16.5. The monoisotopic (exact) mass is 382 g/mol. The van der Waals surface area contributed by atoms with Gasteiger partial charge in [0.2, 0.25) is 5.91 Å². The van der Waals surface area contributed by atoms with Gasteiger partial charge in [-0.25, -0.2) is 4.79 Å². The topological polar surface area (TPSA) is 67.4 Å². The Hall–Kier alpha value is -2.82. The summed E-state index contributed by atoms with van der Waals surface area (Å²) in [5.74, 6) is 0.178. The number of benzene rings is 2. The van der Waals surface area contributed by atoms with E-state index in [1.165, 1.54) is 0 Å². The molecule has 0 radical (unpaired) electrons. The SMILES string of the molecule is CCOC(=O)c1ccc(NCC(=O)Nc2c(C(C)C)cccc2C(C)C)cc1. The molecule has 0 saturated carbocycles. The summed E-state index contributed by atoms with van der Waals surface area (Å²) in [5.41, 5.74) is 4.45. The molecule has 28 heavy (non-hydrogen) atoms. The predicted molar refractivity (Wildman–Crippen MR) is 114 cm³/mol. The van der Waals surface area contributed by atoms with Crippen LogP contribution in [0.3, 0.4) is 0 Å². The van der Waals surface area contributed by atoms with Gasteiger partial charge in [-0.1, -0.05) is 45.9 Å². The fraction of sp³-hybridized carbons (Fsp3) is 0.391. The van der Waals surface area contributed by atoms with Gasteiger partial charge in [0.05, 0.1) is 18.7 Å². The Balaban J connectivity index is 2.04. The van der Waals surface area contributed by atoms with E-state index in [0.717, 1.165) is 22.5 Å². The highest BCUT2D eigenvalue weighted by Crippen LogP contribution is 2.32. The van der Waals surface area contributed by atoms with Gasteiger partial charge in [0.25, 0.3) is 0 Å². The van der Waals surface area contributed by atoms with E-state index in [-0.39, 0.29) is 18.4 Å². The Labute approximate surface area is 167 Å². The number of anilines is 2. The lowest BCUT2D eigenvalue weighted by molar-refractivity contribution is -0.114. The van der Waals surface area contributed by atoms with Crippen molar-refractivity contribution in [3.63, 3.8) is 0 Å². The molecule has 0 aliphatic heterocycles. The first kappa shape index (κ1) is 21.5. The highest BCUT2D eigenvalue weighted by molar-refractivity contribution is 5.95. The smallest absolute Gasteiger partial charge is 0.338 e. The third-order valence-electron chi connectivity index (χ3n) is 4.49. The van der Waals surface area contributed by atoms with Gasteiger partial charge in [-0.15, -0.1) is 0 Å². The number of hydrogen-bond acceptors (Lipinski definition) is 4. The summed E-state index contributed by atoms with van der Waals surface area (Å²) in [4.78, 5) is 24.2. The lowest BCUT2D eigenvalue weighted by Crippen LogP contribution is -2.23. The lowest BCUT2D eigenvalue weighted by atomic mass is 9.92. The van der Waals surface area contributed by atoms with Crippen LogP contribution >= 0.6 is 0 Å². The maximum Gasteiger partial charge on any atom is 0.338 e. The first-order valence-corrected chi connectivity index (χ1v) is 9.77. The molecule has 5 nitrogen and oxygen atoms in total. The number of carbonyl (C=O) groups excluding carboxylic acids is 2. The van der Waals surface area contributed by atoms with Crippen molar-refractivity contribution >= 4 is 23.3 Å². The standard InChI is InChI=1S/C23H30N2O3/c1-6-28-23(27)17-10-12-18(13-11-17)24-14-21(26)25-22-19(15(2)3)8-7-9-20(22)16(4)5/h7-13,15-16,24H,6,14H2,1-5H3,(H,25,26). The summed E-state index contributed by atoms with van der Waals surface area (Å²) in [6.07, 6.45) is 0. The molecule has 0 aromatic heterocycles. The number of nitrogens with one attached hydrogen (secondary N) is 2. The molecule has 2 aromatic carbocycles. The van der Waals surface area contributed by atoms with Gasteiger partial charge < -0.3 is 15.4 Å². The molecule has 0 aliphatic carbocycles. The fourth-order valence-corrected chi connectivity index (χ4v) is 3.00. The van der Waals surface area contributed by atoms with Crippen molar-refractivity contribution in [2.75, 3.05) is 23.8 Å². The largest absolute Gasteiger partial charge is 0.462 e. The van der Waals surface area contributed by atoms with Crippen LogP contribution < -0.4 is 10.6 Å². The van der Waals surface area contributed by atoms with Gasteiger partial charge in [0, 0.05) is 11.4 Å². The van der Waals surface area contributed by atoms with Crippen LogP contribution in [0.1, 0.15) is 67.9 Å². The van der Waals surface area contributed by atoms with E-state index in [1.54, 1.807) is 31.2 Å². The summed E-state index contributed by atoms with van der Waals surface area (Å²) >= 11 is 0. The molecule has 150 valence electrons. The molecule has 0 atom stereocenters. The molecule has 1 amide bonds. The minimum atomic E-state index is -0.349. The van der Waals surface area contributed by atoms with Crippen molar-refractivity contribution in [3.8, 4) is 0 Å². The molecule has 2 aromatic rings. The van der Waals surface area contributed by atoms with Gasteiger partial charge in [0.1, 0.15) is 0 Å². The molecular weight excluding hydrogens is 352 g/mol. The number of ether oxygens (including phenoxy) is 1. The van der Waals surface area contributed by atoms with Crippen molar-refractivity contribution in [2.24, 2.45) is 0 Å². The number of esters is 1. The second-order valence-corrected chi connectivity index (χ2v) is 7.32. The van der Waals surface area contributed by atoms with Crippen molar-refractivity contribution in [1.82, 2.24) is 0 Å². The minimum absolute atomic E-state index is 0.107. The van der Waals surface area contributed by atoms with Crippen molar-refractivity contribution in [1.29, 1.82) is 0 Å². The first-order valence-electron chi connectivity index (χ1n) is 9.77. The molecule has 0 bridgehead atoms. The summed E-state index contributed by atoms with van der Waals surface area (Å²) in [6.45, 7) is 10.8. The van der Waals surface area contributed by atoms with Crippen LogP contribution in [0.2, 0.25) is 0 Å². The number of hydrogen-bond donors (Lipinski definition) is 2. The quantitative estimate of drug-likeness (QED) is 0.619. The van der Waals surface area contributed by atoms with E-state index in [0.29, 0.717) is 24.0 Å². The van der Waals surface area contributed by atoms with E-state index in [2.05, 4.69) is 50.5 Å². The van der Waals surface area contributed by atoms with Gasteiger partial charge in [-0.05, 0) is 54.2 Å². The molecule has 0 unspecified atom stereocenters. The van der Waals surface area contributed by atoms with Crippen LogP contribution in [0.15, 0.2) is 42.5 Å². The van der Waals surface area contributed by atoms with E-state index >= 15 is 0 Å². The summed E-state index contributed by atoms with van der Waals surface area (Å²) < 4.78 is 4.97. The van der Waals surface area contributed by atoms with E-state index in [9.17, 15) is 9.59 Å². The molecule has 5 heteroatoms. The average molecular weight is 383 g/mol. The molecular formula is C23H30N2O3. The Bertz CT molecular complexity index is 785. The van der Waals surface area contributed by atoms with Gasteiger partial charge in [-0.2, -0.15) is 0 Å². The van der Waals surface area contributed by atoms with Crippen LogP contribution in [0.4, 0.5) is 11.4 Å². The minimum Gasteiger partial charge on any atom is -0.462 e. The number of amides is 1. The molecule has 2 N–H and O–H groups in total. The Morgan fingerprint density at radius 3 is 2.00 bits per heavy atom. The Kier molecular flexibility index (Phi) is 7.61. The van der Waals surface area contributed by atoms with Crippen molar-refractivity contribution in [2.45, 2.75) is 46.5 Å². The Morgan fingerprint density at radius 2 is 1.50 bits per heavy atom. The van der Waals surface area contributed by atoms with Crippen molar-refractivity contribution in [3.05, 3.63) is 59.2 Å². The van der Waals surface area contributed by atoms with E-state index in [4.69, 9.17) is 4.74 Å². The van der Waals surface area contributed by atoms with Crippen LogP contribution in [0.25, 0.3) is 0 Å². The van der Waals surface area contributed by atoms with Crippen molar-refractivity contribution < 1.29 is 14.3 Å². The first-order chi connectivity index (χ1) is 13.3. The molecule has 0 saturated heterocycles. The molecule has 0 spiro atoms. The van der Waals surface area contributed by atoms with E-state index in [1.807, 2.05) is 6.07 Å². The summed E-state index contributed by atoms with van der Waals surface area (Å²) in [6, 6.07) is 13.1. The summed E-state index contributed by atoms with van der Waals surface area (Å²) in [7, 11) is 0. The number of para-hydroxylation sites is 1. The highest BCUT2D eigenvalue weighted by Gasteiger charge is 2.16. The fourth-order valence-electron chi connectivity index (χ4n) is 3.00. The zero-order valence-electron chi connectivity index (χ0n) is 17.3. The molecule has 0 heterocycles. The molecule has 0 fully saturated rings. The molecule has 0 aliphatic rings. The number of rotatable bonds is 8. The Morgan fingerprint density at radius 1 is 0.929 bits per heavy atom. The maximum atomic E-state index is 12.5. The second-order valence-electron chi connectivity index (χ2n) is 7.32. The third-order valence-corrected chi connectivity index (χ3v) is 4.49. The average Bonchev–Trinajstić information content (AvgIpc) is 2.66. The summed E-state index contributed by atoms with van der Waals surface area (Å²) in [5, 5.41) is 6.18. The van der Waals surface area contributed by atoms with Gasteiger partial charge in [0.15, 0.2) is 0 Å². The van der Waals surface area contributed by atoms with Gasteiger partial charge in [-0.3, -0.25) is 4.79 Å². The molecule has 2 rings (SSSR count). The van der Waals surface area contributed by atoms with Crippen LogP contribution in [-0.2, 0) is 9.53 Å². The van der Waals surface area contributed by atoms with Crippen LogP contribution in [0, 0.1) is 0 Å². The van der Waals surface area contributed by atoms with E-state index < -0.39 is 0 Å². The maximum absolute atomic E-state index is 12.5. The van der Waals surface area contributed by atoms with Crippen LogP contribution in [0.5, 0.6) is 0 Å². The third kappa shape index (κ3) is 5.59. The zero-order chi connectivity index (χ0) is 20.7. The zero-order valence-corrected chi connectivity index (χ0v) is 17.3. The second kappa shape index (κ2) is 9.93. The lowest BCUT2D eigenvalue weighted by Gasteiger charge is -2.20. The van der Waals surface area contributed by atoms with Crippen LogP contribution in [-0.4, -0.2) is 25.0 Å². The number of carbonyl (C=O) groups is 2. The van der Waals surface area contributed by atoms with Gasteiger partial charge >= 0.3 is 5.97 Å². The predicted octanol–water partition coefficient (Wildman–Crippen LogP) is 5.16.